The van der Waals surface area contributed by atoms with Crippen LogP contribution in [-0.4, -0.2) is 47.1 Å². The second kappa shape index (κ2) is 7.92. The molecule has 2 aromatic rings. The van der Waals surface area contributed by atoms with Gasteiger partial charge in [0.2, 0.25) is 0 Å². The molecule has 0 saturated carbocycles. The number of hydrogen-bond donors (Lipinski definition) is 2. The van der Waals surface area contributed by atoms with Crippen molar-refractivity contribution in [1.82, 2.24) is 9.88 Å². The third-order valence-corrected chi connectivity index (χ3v) is 7.03. The molecule has 0 spiro atoms. The van der Waals surface area contributed by atoms with Gasteiger partial charge in [-0.2, -0.15) is 0 Å². The summed E-state index contributed by atoms with van der Waals surface area (Å²) in [5.74, 6) is 1.10. The number of aliphatic hydroxyl groups excluding tert-OH is 1. The summed E-state index contributed by atoms with van der Waals surface area (Å²) in [4.78, 5) is 19.4. The van der Waals surface area contributed by atoms with Crippen LogP contribution in [0, 0.1) is 11.8 Å². The lowest BCUT2D eigenvalue weighted by atomic mass is 9.71. The fourth-order valence-corrected chi connectivity index (χ4v) is 5.54. The molecule has 31 heavy (non-hydrogen) atoms. The molecule has 3 N–H and O–H groups in total. The third kappa shape index (κ3) is 3.72. The molecule has 5 rings (SSSR count). The van der Waals surface area contributed by atoms with Gasteiger partial charge in [-0.25, -0.2) is 4.98 Å². The first-order valence-corrected chi connectivity index (χ1v) is 11.0. The van der Waals surface area contributed by atoms with Gasteiger partial charge in [0.15, 0.2) is 0 Å². The van der Waals surface area contributed by atoms with E-state index in [0.29, 0.717) is 23.1 Å². The number of ether oxygens (including phenoxy) is 1. The molecule has 5 atom stereocenters. The highest BCUT2D eigenvalue weighted by molar-refractivity contribution is 5.98. The van der Waals surface area contributed by atoms with Crippen molar-refractivity contribution in [2.45, 2.75) is 51.2 Å². The maximum Gasteiger partial charge on any atom is 0.267 e. The van der Waals surface area contributed by atoms with E-state index in [1.54, 1.807) is 7.11 Å². The van der Waals surface area contributed by atoms with Crippen molar-refractivity contribution in [3.63, 3.8) is 0 Å². The van der Waals surface area contributed by atoms with E-state index < -0.39 is 17.4 Å². The van der Waals surface area contributed by atoms with E-state index in [1.807, 2.05) is 39.0 Å². The Morgan fingerprint density at radius 3 is 2.71 bits per heavy atom. The van der Waals surface area contributed by atoms with Gasteiger partial charge in [-0.15, -0.1) is 6.58 Å². The maximum absolute atomic E-state index is 12.4. The number of aromatic nitrogens is 1. The van der Waals surface area contributed by atoms with Gasteiger partial charge in [0.1, 0.15) is 11.4 Å². The molecule has 3 aliphatic rings. The van der Waals surface area contributed by atoms with Gasteiger partial charge in [-0.1, -0.05) is 26.8 Å². The number of hydrogen-bond acceptors (Lipinski definition) is 5. The predicted octanol–water partition coefficient (Wildman–Crippen LogP) is 3.57. The maximum atomic E-state index is 12.4. The summed E-state index contributed by atoms with van der Waals surface area (Å²) in [6, 6.07) is 5.52. The number of methoxy groups -OCH3 is 1. The summed E-state index contributed by atoms with van der Waals surface area (Å²) >= 11 is 0. The number of benzene rings is 1. The fourth-order valence-electron chi connectivity index (χ4n) is 5.54. The van der Waals surface area contributed by atoms with Crippen LogP contribution in [-0.2, 0) is 5.41 Å². The highest BCUT2D eigenvalue weighted by atomic mass is 16.5. The van der Waals surface area contributed by atoms with Crippen LogP contribution in [0.25, 0.3) is 10.9 Å². The van der Waals surface area contributed by atoms with Crippen molar-refractivity contribution < 1.29 is 14.6 Å². The summed E-state index contributed by atoms with van der Waals surface area (Å²) in [5, 5.41) is 12.7. The lowest BCUT2D eigenvalue weighted by molar-refractivity contribution is -0.0449. The van der Waals surface area contributed by atoms with Gasteiger partial charge >= 0.3 is 0 Å². The van der Waals surface area contributed by atoms with Crippen LogP contribution in [0.2, 0.25) is 0 Å². The number of aliphatic hydroxyl groups is 1. The summed E-state index contributed by atoms with van der Waals surface area (Å²) in [5.41, 5.74) is 7.68. The standard InChI is InChI=1S/C25H33N3O3/c1-6-14-13-28-10-9-15(14)11-19(28)23(29)20-17-12-16(31-5)7-8-18(17)27-22(24(26)30)21(20)25(2,3)4/h6-8,12,14-15,19,23,29H,1,9-11,13H2,2-5H3,(H2,26,30)/t14-,15?,19-,23-/m0/s1. The first kappa shape index (κ1) is 21.8. The average molecular weight is 424 g/mol. The minimum Gasteiger partial charge on any atom is -0.497 e. The van der Waals surface area contributed by atoms with Crippen LogP contribution in [0.1, 0.15) is 61.3 Å². The number of primary amides is 1. The third-order valence-electron chi connectivity index (χ3n) is 7.03. The smallest absolute Gasteiger partial charge is 0.267 e. The van der Waals surface area contributed by atoms with Crippen LogP contribution in [0.3, 0.4) is 0 Å². The molecule has 6 heteroatoms. The molecule has 1 amide bonds. The first-order chi connectivity index (χ1) is 14.7. The van der Waals surface area contributed by atoms with E-state index in [4.69, 9.17) is 10.5 Å². The SMILES string of the molecule is C=C[C@H]1CN2CCC1C[C@H]2[C@H](O)c1c(C(C)(C)C)c(C(N)=O)nc2ccc(OC)cc12. The molecular weight excluding hydrogens is 390 g/mol. The van der Waals surface area contributed by atoms with Crippen LogP contribution in [0.5, 0.6) is 5.75 Å². The second-order valence-electron chi connectivity index (χ2n) is 9.94. The van der Waals surface area contributed by atoms with Crippen molar-refractivity contribution in [1.29, 1.82) is 0 Å². The van der Waals surface area contributed by atoms with E-state index >= 15 is 0 Å². The lowest BCUT2D eigenvalue weighted by Crippen LogP contribution is -2.55. The van der Waals surface area contributed by atoms with Gasteiger partial charge in [0.05, 0.1) is 18.7 Å². The van der Waals surface area contributed by atoms with Crippen molar-refractivity contribution >= 4 is 16.8 Å². The number of carbonyl (C=O) groups is 1. The number of carbonyl (C=O) groups excluding carboxylic acids is 1. The zero-order valence-corrected chi connectivity index (χ0v) is 18.9. The Morgan fingerprint density at radius 2 is 2.16 bits per heavy atom. The molecule has 3 saturated heterocycles. The summed E-state index contributed by atoms with van der Waals surface area (Å²) in [6.45, 7) is 12.0. The number of nitrogens with zero attached hydrogens (tertiary/aromatic N) is 2. The topological polar surface area (TPSA) is 88.7 Å². The van der Waals surface area contributed by atoms with E-state index in [1.165, 1.54) is 0 Å². The van der Waals surface area contributed by atoms with Crippen LogP contribution < -0.4 is 10.5 Å². The second-order valence-corrected chi connectivity index (χ2v) is 9.94. The highest BCUT2D eigenvalue weighted by Gasteiger charge is 2.44. The number of pyridine rings is 1. The minimum atomic E-state index is -0.765. The van der Waals surface area contributed by atoms with Crippen molar-refractivity contribution in [2.75, 3.05) is 20.2 Å². The monoisotopic (exact) mass is 423 g/mol. The molecule has 3 fully saturated rings. The Labute approximate surface area is 184 Å². The lowest BCUT2D eigenvalue weighted by Gasteiger charge is -2.51. The molecule has 1 aromatic carbocycles. The van der Waals surface area contributed by atoms with Gasteiger partial charge < -0.3 is 15.6 Å². The van der Waals surface area contributed by atoms with Crippen LogP contribution >= 0.6 is 0 Å². The first-order valence-electron chi connectivity index (χ1n) is 11.0. The zero-order valence-electron chi connectivity index (χ0n) is 18.9. The summed E-state index contributed by atoms with van der Waals surface area (Å²) in [6.07, 6.45) is 3.32. The van der Waals surface area contributed by atoms with Gasteiger partial charge in [-0.05, 0) is 66.0 Å². The van der Waals surface area contributed by atoms with Crippen LogP contribution in [0.15, 0.2) is 30.9 Å². The normalized spacial score (nSPS) is 26.6. The summed E-state index contributed by atoms with van der Waals surface area (Å²) in [7, 11) is 1.62. The summed E-state index contributed by atoms with van der Waals surface area (Å²) < 4.78 is 5.46. The molecule has 6 nitrogen and oxygen atoms in total. The largest absolute Gasteiger partial charge is 0.497 e. The Morgan fingerprint density at radius 1 is 1.42 bits per heavy atom. The van der Waals surface area contributed by atoms with Crippen molar-refractivity contribution in [3.8, 4) is 5.75 Å². The average Bonchev–Trinajstić information content (AvgIpc) is 2.76. The Bertz CT molecular complexity index is 1030. The Balaban J connectivity index is 1.94. The van der Waals surface area contributed by atoms with E-state index in [2.05, 4.69) is 22.5 Å². The molecule has 4 heterocycles. The molecule has 166 valence electrons. The minimum absolute atomic E-state index is 0.0198. The molecule has 3 aliphatic heterocycles. The molecule has 2 bridgehead atoms. The molecule has 0 radical (unpaired) electrons. The van der Waals surface area contributed by atoms with Crippen LogP contribution in [0.4, 0.5) is 0 Å². The van der Waals surface area contributed by atoms with E-state index in [0.717, 1.165) is 42.4 Å². The number of rotatable bonds is 5. The molecule has 1 aromatic heterocycles. The highest BCUT2D eigenvalue weighted by Crippen LogP contribution is 2.45. The number of amides is 1. The van der Waals surface area contributed by atoms with Gasteiger partial charge in [-0.3, -0.25) is 9.69 Å². The number of piperidine rings is 3. The Kier molecular flexibility index (Phi) is 5.56. The van der Waals surface area contributed by atoms with Crippen molar-refractivity contribution in [2.24, 2.45) is 17.6 Å². The molecular formula is C25H33N3O3. The van der Waals surface area contributed by atoms with Crippen molar-refractivity contribution in [3.05, 3.63) is 47.7 Å². The zero-order chi connectivity index (χ0) is 22.5. The number of fused-ring (bicyclic) bond motifs is 4. The molecule has 0 aliphatic carbocycles. The van der Waals surface area contributed by atoms with Gasteiger partial charge in [0, 0.05) is 18.0 Å². The van der Waals surface area contributed by atoms with Gasteiger partial charge in [0.25, 0.3) is 5.91 Å². The van der Waals surface area contributed by atoms with E-state index in [9.17, 15) is 9.90 Å². The predicted molar refractivity (Wildman–Crippen MR) is 122 cm³/mol. The molecule has 2 unspecified atom stereocenters. The fraction of sp³-hybridized carbons (Fsp3) is 0.520. The Hall–Kier alpha value is -2.44. The number of nitrogens with two attached hydrogens (primary N) is 1. The van der Waals surface area contributed by atoms with E-state index in [-0.39, 0.29) is 11.7 Å². The quantitative estimate of drug-likeness (QED) is 0.718.